The number of carbonyl (C=O) groups is 1. The van der Waals surface area contributed by atoms with Crippen LogP contribution in [0.2, 0.25) is 0 Å². The lowest BCUT2D eigenvalue weighted by atomic mass is 10.1. The van der Waals surface area contributed by atoms with Gasteiger partial charge in [0, 0.05) is 6.04 Å². The third kappa shape index (κ3) is 6.15. The van der Waals surface area contributed by atoms with E-state index in [0.29, 0.717) is 5.69 Å². The molecule has 0 aromatic heterocycles. The Balaban J connectivity index is 1.73. The first-order valence-corrected chi connectivity index (χ1v) is 11.5. The quantitative estimate of drug-likeness (QED) is 0.543. The minimum atomic E-state index is -4.05. The highest BCUT2D eigenvalue weighted by Gasteiger charge is 2.27. The molecule has 0 unspecified atom stereocenters. The third-order valence-electron chi connectivity index (χ3n) is 4.85. The largest absolute Gasteiger partial charge is 0.352 e. The van der Waals surface area contributed by atoms with Gasteiger partial charge < -0.3 is 5.32 Å². The number of nitrogens with zero attached hydrogens (tertiary/aromatic N) is 1. The second kappa shape index (κ2) is 10.2. The lowest BCUT2D eigenvalue weighted by Gasteiger charge is -2.25. The third-order valence-corrected chi connectivity index (χ3v) is 6.64. The van der Waals surface area contributed by atoms with Gasteiger partial charge in [-0.3, -0.25) is 9.10 Å². The number of anilines is 1. The summed E-state index contributed by atoms with van der Waals surface area (Å²) in [5, 5.41) is 2.88. The average molecular weight is 441 g/mol. The summed E-state index contributed by atoms with van der Waals surface area (Å²) < 4.78 is 40.7. The lowest BCUT2D eigenvalue weighted by molar-refractivity contribution is -0.120. The molecule has 0 bridgehead atoms. The monoisotopic (exact) mass is 440 g/mol. The summed E-state index contributed by atoms with van der Waals surface area (Å²) in [4.78, 5) is 12.6. The van der Waals surface area contributed by atoms with Crippen molar-refractivity contribution in [2.45, 2.75) is 30.7 Å². The van der Waals surface area contributed by atoms with Crippen LogP contribution in [0.3, 0.4) is 0 Å². The molecule has 0 radical (unpaired) electrons. The van der Waals surface area contributed by atoms with Gasteiger partial charge in [-0.15, -0.1) is 0 Å². The molecule has 0 saturated carbocycles. The maximum absolute atomic E-state index is 13.3. The Morgan fingerprint density at radius 2 is 1.52 bits per heavy atom. The van der Waals surface area contributed by atoms with Crippen LogP contribution in [0.1, 0.15) is 18.9 Å². The molecule has 31 heavy (non-hydrogen) atoms. The number of halogens is 1. The Kier molecular flexibility index (Phi) is 7.41. The number of hydrogen-bond acceptors (Lipinski definition) is 3. The number of nitrogens with one attached hydrogen (secondary N) is 1. The Bertz CT molecular complexity index is 1090. The number of hydrogen-bond donors (Lipinski definition) is 1. The van der Waals surface area contributed by atoms with Gasteiger partial charge in [0.25, 0.3) is 10.0 Å². The molecular weight excluding hydrogens is 415 g/mol. The topological polar surface area (TPSA) is 66.5 Å². The van der Waals surface area contributed by atoms with E-state index in [2.05, 4.69) is 5.32 Å². The predicted octanol–water partition coefficient (Wildman–Crippen LogP) is 4.16. The fraction of sp³-hybridized carbons (Fsp3) is 0.208. The highest BCUT2D eigenvalue weighted by atomic mass is 32.2. The standard InChI is InChI=1S/C24H25FN2O3S/c1-19(12-13-20-8-4-2-5-9-20)26-24(28)18-27(22-10-6-3-7-11-22)31(29,30)23-16-14-21(25)15-17-23/h2-11,14-17,19H,12-13,18H2,1H3,(H,26,28)/t19-/m1/s1. The minimum Gasteiger partial charge on any atom is -0.352 e. The normalized spacial score (nSPS) is 12.2. The van der Waals surface area contributed by atoms with E-state index in [1.807, 2.05) is 37.3 Å². The van der Waals surface area contributed by atoms with E-state index in [9.17, 15) is 17.6 Å². The van der Waals surface area contributed by atoms with E-state index in [4.69, 9.17) is 0 Å². The van der Waals surface area contributed by atoms with Gasteiger partial charge in [0.1, 0.15) is 12.4 Å². The molecule has 3 aromatic rings. The van der Waals surface area contributed by atoms with Crippen molar-refractivity contribution in [2.75, 3.05) is 10.8 Å². The minimum absolute atomic E-state index is 0.0809. The first-order valence-electron chi connectivity index (χ1n) is 10.0. The molecule has 7 heteroatoms. The number of benzene rings is 3. The molecular formula is C24H25FN2O3S. The first kappa shape index (κ1) is 22.5. The van der Waals surface area contributed by atoms with Crippen LogP contribution in [-0.4, -0.2) is 26.9 Å². The van der Waals surface area contributed by atoms with Gasteiger partial charge in [-0.25, -0.2) is 12.8 Å². The zero-order valence-electron chi connectivity index (χ0n) is 17.2. The summed E-state index contributed by atoms with van der Waals surface area (Å²) in [6.45, 7) is 1.52. The number of aryl methyl sites for hydroxylation is 1. The Morgan fingerprint density at radius 1 is 0.935 bits per heavy atom. The number of amides is 1. The summed E-state index contributed by atoms with van der Waals surface area (Å²) >= 11 is 0. The van der Waals surface area contributed by atoms with E-state index >= 15 is 0 Å². The molecule has 1 atom stereocenters. The van der Waals surface area contributed by atoms with Gasteiger partial charge >= 0.3 is 0 Å². The molecule has 162 valence electrons. The van der Waals surface area contributed by atoms with Crippen molar-refractivity contribution in [3.8, 4) is 0 Å². The number of rotatable bonds is 9. The molecule has 0 saturated heterocycles. The van der Waals surface area contributed by atoms with Crippen LogP contribution in [0.5, 0.6) is 0 Å². The van der Waals surface area contributed by atoms with E-state index in [0.717, 1.165) is 29.3 Å². The van der Waals surface area contributed by atoms with Crippen molar-refractivity contribution >= 4 is 21.6 Å². The number of para-hydroxylation sites is 1. The van der Waals surface area contributed by atoms with Crippen LogP contribution in [0.25, 0.3) is 0 Å². The highest BCUT2D eigenvalue weighted by molar-refractivity contribution is 7.92. The van der Waals surface area contributed by atoms with Crippen LogP contribution in [0, 0.1) is 5.82 Å². The van der Waals surface area contributed by atoms with Crippen LogP contribution < -0.4 is 9.62 Å². The van der Waals surface area contributed by atoms with Crippen molar-refractivity contribution in [3.05, 3.63) is 96.3 Å². The van der Waals surface area contributed by atoms with Crippen LogP contribution in [-0.2, 0) is 21.2 Å². The summed E-state index contributed by atoms with van der Waals surface area (Å²) in [7, 11) is -4.05. The van der Waals surface area contributed by atoms with E-state index in [-0.39, 0.29) is 17.5 Å². The number of carbonyl (C=O) groups excluding carboxylic acids is 1. The zero-order valence-corrected chi connectivity index (χ0v) is 18.1. The zero-order chi connectivity index (χ0) is 22.3. The van der Waals surface area contributed by atoms with Crippen molar-refractivity contribution < 1.29 is 17.6 Å². The Labute approximate surface area is 182 Å². The van der Waals surface area contributed by atoms with Crippen LogP contribution >= 0.6 is 0 Å². The Morgan fingerprint density at radius 3 is 2.13 bits per heavy atom. The van der Waals surface area contributed by atoms with Crippen molar-refractivity contribution in [1.29, 1.82) is 0 Å². The maximum Gasteiger partial charge on any atom is 0.264 e. The molecule has 0 aliphatic carbocycles. The first-order chi connectivity index (χ1) is 14.9. The molecule has 3 aromatic carbocycles. The summed E-state index contributed by atoms with van der Waals surface area (Å²) in [5.41, 5.74) is 1.53. The second-order valence-corrected chi connectivity index (χ2v) is 9.16. The smallest absolute Gasteiger partial charge is 0.264 e. The van der Waals surface area contributed by atoms with Gasteiger partial charge in [-0.2, -0.15) is 0 Å². The van der Waals surface area contributed by atoms with E-state index in [1.165, 1.54) is 17.7 Å². The second-order valence-electron chi connectivity index (χ2n) is 7.29. The van der Waals surface area contributed by atoms with Gasteiger partial charge in [0.2, 0.25) is 5.91 Å². The number of sulfonamides is 1. The molecule has 3 rings (SSSR count). The van der Waals surface area contributed by atoms with E-state index in [1.54, 1.807) is 30.3 Å². The fourth-order valence-corrected chi connectivity index (χ4v) is 4.61. The summed E-state index contributed by atoms with van der Waals surface area (Å²) in [6, 6.07) is 22.8. The lowest BCUT2D eigenvalue weighted by Crippen LogP contribution is -2.43. The van der Waals surface area contributed by atoms with Gasteiger partial charge in [0.05, 0.1) is 10.6 Å². The molecule has 1 N–H and O–H groups in total. The fourth-order valence-electron chi connectivity index (χ4n) is 3.19. The summed E-state index contributed by atoms with van der Waals surface area (Å²) in [6.07, 6.45) is 1.53. The van der Waals surface area contributed by atoms with Gasteiger partial charge in [0.15, 0.2) is 0 Å². The molecule has 1 amide bonds. The molecule has 0 spiro atoms. The highest BCUT2D eigenvalue weighted by Crippen LogP contribution is 2.23. The van der Waals surface area contributed by atoms with E-state index < -0.39 is 21.7 Å². The predicted molar refractivity (Wildman–Crippen MR) is 120 cm³/mol. The molecule has 0 heterocycles. The van der Waals surface area contributed by atoms with Crippen molar-refractivity contribution in [1.82, 2.24) is 5.32 Å². The van der Waals surface area contributed by atoms with Gasteiger partial charge in [-0.05, 0) is 61.7 Å². The SMILES string of the molecule is C[C@H](CCc1ccccc1)NC(=O)CN(c1ccccc1)S(=O)(=O)c1ccc(F)cc1. The van der Waals surface area contributed by atoms with Gasteiger partial charge in [-0.1, -0.05) is 48.5 Å². The molecule has 0 aliphatic heterocycles. The molecule has 0 fully saturated rings. The maximum atomic E-state index is 13.3. The molecule has 0 aliphatic rings. The van der Waals surface area contributed by atoms with Crippen LogP contribution in [0.4, 0.5) is 10.1 Å². The average Bonchev–Trinajstić information content (AvgIpc) is 2.77. The van der Waals surface area contributed by atoms with Crippen molar-refractivity contribution in [3.63, 3.8) is 0 Å². The van der Waals surface area contributed by atoms with Crippen LogP contribution in [0.15, 0.2) is 89.8 Å². The summed E-state index contributed by atoms with van der Waals surface area (Å²) in [5.74, 6) is -0.940. The van der Waals surface area contributed by atoms with Crippen molar-refractivity contribution in [2.24, 2.45) is 0 Å². The molecule has 5 nitrogen and oxygen atoms in total. The Hall–Kier alpha value is -3.19.